The first-order valence-corrected chi connectivity index (χ1v) is 9.40. The molecule has 0 N–H and O–H groups in total. The molecule has 0 fully saturated rings. The normalized spacial score (nSPS) is 11.5. The lowest BCUT2D eigenvalue weighted by Crippen LogP contribution is -2.02. The highest BCUT2D eigenvalue weighted by Gasteiger charge is 2.14. The monoisotopic (exact) mass is 344 g/mol. The molecule has 0 aliphatic carbocycles. The number of rotatable bonds is 4. The van der Waals surface area contributed by atoms with E-state index in [1.165, 1.54) is 55.7 Å². The lowest BCUT2D eigenvalue weighted by molar-refractivity contribution is 1.15. The van der Waals surface area contributed by atoms with Crippen LogP contribution in [0, 0.1) is 41.5 Å². The van der Waals surface area contributed by atoms with Crippen molar-refractivity contribution in [3.8, 4) is 0 Å². The molecule has 0 unspecified atom stereocenters. The van der Waals surface area contributed by atoms with Crippen LogP contribution >= 0.6 is 0 Å². The van der Waals surface area contributed by atoms with E-state index in [0.29, 0.717) is 0 Å². The van der Waals surface area contributed by atoms with E-state index >= 15 is 0 Å². The van der Waals surface area contributed by atoms with Crippen molar-refractivity contribution < 1.29 is 0 Å². The SMILES string of the molecule is CC(C)=C(/C=C/C=C/c1ccc(C)cc1)c1c(C)c(C)c(C)c(C)c1C. The molecule has 0 amide bonds. The highest BCUT2D eigenvalue weighted by molar-refractivity contribution is 5.82. The van der Waals surface area contributed by atoms with E-state index in [4.69, 9.17) is 0 Å². The van der Waals surface area contributed by atoms with Gasteiger partial charge in [-0.15, -0.1) is 0 Å². The summed E-state index contributed by atoms with van der Waals surface area (Å²) in [5.74, 6) is 0. The van der Waals surface area contributed by atoms with Gasteiger partial charge in [0.1, 0.15) is 0 Å². The molecule has 26 heavy (non-hydrogen) atoms. The molecule has 0 heteroatoms. The third-order valence-electron chi connectivity index (χ3n) is 5.55. The van der Waals surface area contributed by atoms with Gasteiger partial charge in [0.05, 0.1) is 0 Å². The molecule has 136 valence electrons. The van der Waals surface area contributed by atoms with Crippen LogP contribution in [0.3, 0.4) is 0 Å². The van der Waals surface area contributed by atoms with Gasteiger partial charge in [-0.1, -0.05) is 59.7 Å². The average Bonchev–Trinajstić information content (AvgIpc) is 2.61. The van der Waals surface area contributed by atoms with Gasteiger partial charge in [0, 0.05) is 0 Å². The molecule has 0 heterocycles. The maximum atomic E-state index is 2.25. The molecule has 0 bridgehead atoms. The van der Waals surface area contributed by atoms with Crippen molar-refractivity contribution in [3.05, 3.63) is 92.6 Å². The first kappa shape index (κ1) is 20.0. The molecule has 2 rings (SSSR count). The van der Waals surface area contributed by atoms with Crippen molar-refractivity contribution in [3.63, 3.8) is 0 Å². The Morgan fingerprint density at radius 3 is 1.65 bits per heavy atom. The third kappa shape index (κ3) is 4.25. The van der Waals surface area contributed by atoms with Gasteiger partial charge in [-0.2, -0.15) is 0 Å². The van der Waals surface area contributed by atoms with E-state index in [9.17, 15) is 0 Å². The molecular weight excluding hydrogens is 312 g/mol. The topological polar surface area (TPSA) is 0 Å². The summed E-state index contributed by atoms with van der Waals surface area (Å²) in [4.78, 5) is 0. The van der Waals surface area contributed by atoms with Crippen LogP contribution < -0.4 is 0 Å². The fraction of sp³-hybridized carbons (Fsp3) is 0.308. The van der Waals surface area contributed by atoms with Gasteiger partial charge in [-0.25, -0.2) is 0 Å². The summed E-state index contributed by atoms with van der Waals surface area (Å²) in [5, 5.41) is 0. The third-order valence-corrected chi connectivity index (χ3v) is 5.55. The van der Waals surface area contributed by atoms with Crippen LogP contribution in [0.4, 0.5) is 0 Å². The van der Waals surface area contributed by atoms with Crippen LogP contribution in [-0.2, 0) is 0 Å². The molecule has 0 nitrogen and oxygen atoms in total. The lowest BCUT2D eigenvalue weighted by atomic mass is 9.84. The van der Waals surface area contributed by atoms with Crippen molar-refractivity contribution in [2.24, 2.45) is 0 Å². The summed E-state index contributed by atoms with van der Waals surface area (Å²) in [6.07, 6.45) is 8.70. The van der Waals surface area contributed by atoms with Gasteiger partial charge in [0.15, 0.2) is 0 Å². The Hall–Kier alpha value is -2.34. The maximum Gasteiger partial charge on any atom is -0.0121 e. The predicted molar refractivity (Wildman–Crippen MR) is 118 cm³/mol. The Kier molecular flexibility index (Phi) is 6.42. The number of allylic oxidation sites excluding steroid dienone is 5. The van der Waals surface area contributed by atoms with Crippen molar-refractivity contribution in [1.29, 1.82) is 0 Å². The first-order chi connectivity index (χ1) is 12.2. The molecule has 0 aliphatic heterocycles. The minimum atomic E-state index is 1.23. The van der Waals surface area contributed by atoms with Crippen LogP contribution in [0.5, 0.6) is 0 Å². The van der Waals surface area contributed by atoms with E-state index in [0.717, 1.165) is 0 Å². The van der Waals surface area contributed by atoms with Gasteiger partial charge in [-0.05, 0) is 99.9 Å². The molecule has 0 aromatic heterocycles. The minimum absolute atomic E-state index is 1.23. The lowest BCUT2D eigenvalue weighted by Gasteiger charge is -2.20. The quantitative estimate of drug-likeness (QED) is 0.501. The van der Waals surface area contributed by atoms with Gasteiger partial charge in [0.25, 0.3) is 0 Å². The zero-order valence-electron chi connectivity index (χ0n) is 17.6. The summed E-state index contributed by atoms with van der Waals surface area (Å²) < 4.78 is 0. The van der Waals surface area contributed by atoms with Crippen molar-refractivity contribution in [2.75, 3.05) is 0 Å². The van der Waals surface area contributed by atoms with E-state index in [-0.39, 0.29) is 0 Å². The van der Waals surface area contributed by atoms with Crippen molar-refractivity contribution in [1.82, 2.24) is 0 Å². The summed E-state index contributed by atoms with van der Waals surface area (Å²) in [6.45, 7) is 17.7. The smallest absolute Gasteiger partial charge is 0.0121 e. The largest absolute Gasteiger partial charge is 0.0686 e. The highest BCUT2D eigenvalue weighted by Crippen LogP contribution is 2.33. The number of benzene rings is 2. The van der Waals surface area contributed by atoms with Gasteiger partial charge in [0.2, 0.25) is 0 Å². The molecule has 0 saturated heterocycles. The molecule has 0 radical (unpaired) electrons. The molecule has 0 aliphatic rings. The highest BCUT2D eigenvalue weighted by atomic mass is 14.2. The molecule has 0 atom stereocenters. The Morgan fingerprint density at radius 2 is 1.15 bits per heavy atom. The molecule has 2 aromatic rings. The van der Waals surface area contributed by atoms with E-state index in [2.05, 4.69) is 104 Å². The minimum Gasteiger partial charge on any atom is -0.0686 e. The second-order valence-electron chi connectivity index (χ2n) is 7.54. The second-order valence-corrected chi connectivity index (χ2v) is 7.54. The van der Waals surface area contributed by atoms with E-state index in [1.807, 2.05) is 0 Å². The van der Waals surface area contributed by atoms with Crippen LogP contribution in [0.2, 0.25) is 0 Å². The molecular formula is C26H32. The van der Waals surface area contributed by atoms with Crippen molar-refractivity contribution in [2.45, 2.75) is 55.4 Å². The van der Waals surface area contributed by atoms with E-state index < -0.39 is 0 Å². The fourth-order valence-electron chi connectivity index (χ4n) is 3.40. The summed E-state index contributed by atoms with van der Waals surface area (Å²) >= 11 is 0. The summed E-state index contributed by atoms with van der Waals surface area (Å²) in [7, 11) is 0. The maximum absolute atomic E-state index is 2.25. The first-order valence-electron chi connectivity index (χ1n) is 9.40. The van der Waals surface area contributed by atoms with Gasteiger partial charge < -0.3 is 0 Å². The average molecular weight is 345 g/mol. The molecule has 2 aromatic carbocycles. The van der Waals surface area contributed by atoms with Crippen LogP contribution in [0.25, 0.3) is 11.6 Å². The summed E-state index contributed by atoms with van der Waals surface area (Å²) in [5.41, 5.74) is 13.6. The Morgan fingerprint density at radius 1 is 0.654 bits per heavy atom. The predicted octanol–water partition coefficient (Wildman–Crippen LogP) is 7.60. The van der Waals surface area contributed by atoms with Crippen molar-refractivity contribution >= 4 is 11.6 Å². The Balaban J connectivity index is 2.40. The zero-order chi connectivity index (χ0) is 19.4. The van der Waals surface area contributed by atoms with Crippen LogP contribution in [0.15, 0.2) is 48.1 Å². The van der Waals surface area contributed by atoms with E-state index in [1.54, 1.807) is 0 Å². The second kappa shape index (κ2) is 8.36. The number of aryl methyl sites for hydroxylation is 1. The molecule has 0 spiro atoms. The Labute approximate surface area is 160 Å². The van der Waals surface area contributed by atoms with Crippen LogP contribution in [0.1, 0.15) is 58.4 Å². The Bertz CT molecular complexity index is 852. The number of hydrogen-bond donors (Lipinski definition) is 0. The van der Waals surface area contributed by atoms with Crippen LogP contribution in [-0.4, -0.2) is 0 Å². The summed E-state index contributed by atoms with van der Waals surface area (Å²) in [6, 6.07) is 8.61. The fourth-order valence-corrected chi connectivity index (χ4v) is 3.40. The zero-order valence-corrected chi connectivity index (χ0v) is 17.6. The number of hydrogen-bond acceptors (Lipinski definition) is 0. The van der Waals surface area contributed by atoms with Gasteiger partial charge >= 0.3 is 0 Å². The standard InChI is InChI=1S/C26H32/c1-17(2)25(12-10-9-11-24-15-13-18(3)14-16-24)26-22(7)20(5)19(4)21(6)23(26)8/h9-16H,1-8H3/b11-9+,12-10+. The molecule has 0 saturated carbocycles. The van der Waals surface area contributed by atoms with Gasteiger partial charge in [-0.3, -0.25) is 0 Å².